The number of aryl methyl sites for hydroxylation is 1. The molecular formula is C18H18F3N3O4S. The van der Waals surface area contributed by atoms with Gasteiger partial charge in [0.25, 0.3) is 5.91 Å². The van der Waals surface area contributed by atoms with Crippen LogP contribution in [0, 0.1) is 12.7 Å². The number of nitrogens with zero attached hydrogens (tertiary/aromatic N) is 1. The van der Waals surface area contributed by atoms with E-state index in [1.165, 1.54) is 17.6 Å². The lowest BCUT2D eigenvalue weighted by Gasteiger charge is -2.24. The number of hydrogen-bond donors (Lipinski definition) is 2. The Morgan fingerprint density at radius 3 is 2.31 bits per heavy atom. The lowest BCUT2D eigenvalue weighted by molar-refractivity contribution is -0.132. The summed E-state index contributed by atoms with van der Waals surface area (Å²) in [5, 5.41) is 0. The van der Waals surface area contributed by atoms with Crippen LogP contribution in [-0.2, 0) is 21.4 Å². The summed E-state index contributed by atoms with van der Waals surface area (Å²) in [5.74, 6) is -3.60. The van der Waals surface area contributed by atoms with Crippen LogP contribution in [0.4, 0.5) is 18.9 Å². The number of nitrogens with one attached hydrogen (secondary N) is 2. The standard InChI is InChI=1S/C18H18F3N3O4S/c1-11-5-3-4-6-15(11)24(29(2,27)28)10-13-8-7-12(9-14(13)19)17(25)22-23-18(26)16(20)21/h3-9,16H,10H2,1-2H3,(H,22,25)(H,23,26). The zero-order chi connectivity index (χ0) is 21.8. The van der Waals surface area contributed by atoms with E-state index < -0.39 is 34.1 Å². The summed E-state index contributed by atoms with van der Waals surface area (Å²) in [5.41, 5.74) is 4.03. The largest absolute Gasteiger partial charge is 0.317 e. The quantitative estimate of drug-likeness (QED) is 0.688. The molecule has 0 aliphatic heterocycles. The third-order valence-corrected chi connectivity index (χ3v) is 5.04. The van der Waals surface area contributed by atoms with E-state index in [9.17, 15) is 31.2 Å². The van der Waals surface area contributed by atoms with Gasteiger partial charge in [0.05, 0.1) is 18.5 Å². The number of carbonyl (C=O) groups excluding carboxylic acids is 2. The van der Waals surface area contributed by atoms with E-state index in [2.05, 4.69) is 0 Å². The van der Waals surface area contributed by atoms with E-state index in [-0.39, 0.29) is 17.7 Å². The van der Waals surface area contributed by atoms with E-state index in [1.54, 1.807) is 36.6 Å². The Hall–Kier alpha value is -3.08. The van der Waals surface area contributed by atoms with Crippen molar-refractivity contribution in [3.8, 4) is 0 Å². The number of alkyl halides is 2. The van der Waals surface area contributed by atoms with Gasteiger partial charge in [-0.3, -0.25) is 24.7 Å². The second kappa shape index (κ2) is 8.95. The molecule has 2 aromatic carbocycles. The maximum Gasteiger partial charge on any atom is 0.317 e. The highest BCUT2D eigenvalue weighted by molar-refractivity contribution is 7.92. The van der Waals surface area contributed by atoms with Crippen molar-refractivity contribution in [2.45, 2.75) is 19.9 Å². The van der Waals surface area contributed by atoms with Crippen LogP contribution in [0.1, 0.15) is 21.5 Å². The van der Waals surface area contributed by atoms with Crippen LogP contribution in [0.25, 0.3) is 0 Å². The molecule has 0 heterocycles. The van der Waals surface area contributed by atoms with Gasteiger partial charge in [-0.1, -0.05) is 24.3 Å². The maximum atomic E-state index is 14.5. The summed E-state index contributed by atoms with van der Waals surface area (Å²) < 4.78 is 64.2. The molecule has 2 aromatic rings. The van der Waals surface area contributed by atoms with Crippen LogP contribution in [0.3, 0.4) is 0 Å². The summed E-state index contributed by atoms with van der Waals surface area (Å²) >= 11 is 0. The fourth-order valence-electron chi connectivity index (χ4n) is 2.44. The summed E-state index contributed by atoms with van der Waals surface area (Å²) in [6, 6.07) is 9.89. The molecule has 0 saturated carbocycles. The lowest BCUT2D eigenvalue weighted by atomic mass is 10.1. The molecule has 0 unspecified atom stereocenters. The predicted molar refractivity (Wildman–Crippen MR) is 100 cm³/mol. The molecule has 156 valence electrons. The molecule has 0 radical (unpaired) electrons. The highest BCUT2D eigenvalue weighted by atomic mass is 32.2. The number of halogens is 3. The zero-order valence-electron chi connectivity index (χ0n) is 15.4. The first-order chi connectivity index (χ1) is 13.5. The van der Waals surface area contributed by atoms with Crippen LogP contribution in [0.5, 0.6) is 0 Å². The first-order valence-electron chi connectivity index (χ1n) is 8.21. The second-order valence-electron chi connectivity index (χ2n) is 6.11. The number of hydrogen-bond acceptors (Lipinski definition) is 4. The lowest BCUT2D eigenvalue weighted by Crippen LogP contribution is -2.44. The van der Waals surface area contributed by atoms with Gasteiger partial charge in [0.2, 0.25) is 10.0 Å². The van der Waals surface area contributed by atoms with Gasteiger partial charge in [-0.2, -0.15) is 8.78 Å². The van der Waals surface area contributed by atoms with Crippen LogP contribution in [-0.4, -0.2) is 32.9 Å². The topological polar surface area (TPSA) is 95.6 Å². The van der Waals surface area contributed by atoms with Gasteiger partial charge in [-0.05, 0) is 30.7 Å². The second-order valence-corrected chi connectivity index (χ2v) is 8.01. The van der Waals surface area contributed by atoms with Crippen LogP contribution in [0.15, 0.2) is 42.5 Å². The Bertz CT molecular complexity index is 1030. The number of amides is 2. The van der Waals surface area contributed by atoms with Gasteiger partial charge >= 0.3 is 12.3 Å². The number of para-hydroxylation sites is 1. The minimum atomic E-state index is -3.74. The zero-order valence-corrected chi connectivity index (χ0v) is 16.3. The molecular weight excluding hydrogens is 411 g/mol. The van der Waals surface area contributed by atoms with Crippen LogP contribution >= 0.6 is 0 Å². The number of hydrazine groups is 1. The Labute approximate surface area is 165 Å². The molecule has 2 amide bonds. The predicted octanol–water partition coefficient (Wildman–Crippen LogP) is 2.13. The summed E-state index contributed by atoms with van der Waals surface area (Å²) in [6.07, 6.45) is -2.33. The average molecular weight is 429 g/mol. The Morgan fingerprint density at radius 2 is 1.76 bits per heavy atom. The molecule has 0 saturated heterocycles. The number of carbonyl (C=O) groups is 2. The van der Waals surface area contributed by atoms with Gasteiger partial charge in [0.1, 0.15) is 5.82 Å². The first kappa shape index (κ1) is 22.2. The monoisotopic (exact) mass is 429 g/mol. The van der Waals surface area contributed by atoms with Crippen molar-refractivity contribution in [2.75, 3.05) is 10.6 Å². The highest BCUT2D eigenvalue weighted by Gasteiger charge is 2.22. The van der Waals surface area contributed by atoms with Gasteiger partial charge in [0, 0.05) is 11.1 Å². The molecule has 0 fully saturated rings. The highest BCUT2D eigenvalue weighted by Crippen LogP contribution is 2.25. The van der Waals surface area contributed by atoms with E-state index in [4.69, 9.17) is 0 Å². The molecule has 7 nitrogen and oxygen atoms in total. The first-order valence-corrected chi connectivity index (χ1v) is 10.1. The van der Waals surface area contributed by atoms with Crippen molar-refractivity contribution in [1.82, 2.24) is 10.9 Å². The van der Waals surface area contributed by atoms with E-state index in [1.807, 2.05) is 0 Å². The van der Waals surface area contributed by atoms with Crippen LogP contribution < -0.4 is 15.2 Å². The smallest absolute Gasteiger partial charge is 0.267 e. The van der Waals surface area contributed by atoms with Gasteiger partial charge in [-0.25, -0.2) is 12.8 Å². The molecule has 2 N–H and O–H groups in total. The molecule has 0 bridgehead atoms. The van der Waals surface area contributed by atoms with Gasteiger partial charge in [-0.15, -0.1) is 0 Å². The molecule has 2 rings (SSSR count). The van der Waals surface area contributed by atoms with E-state index >= 15 is 0 Å². The van der Waals surface area contributed by atoms with Crippen molar-refractivity contribution in [3.63, 3.8) is 0 Å². The normalized spacial score (nSPS) is 11.2. The molecule has 0 spiro atoms. The van der Waals surface area contributed by atoms with Gasteiger partial charge in [0.15, 0.2) is 0 Å². The fraction of sp³-hybridized carbons (Fsp3) is 0.222. The van der Waals surface area contributed by atoms with Crippen molar-refractivity contribution >= 4 is 27.5 Å². The average Bonchev–Trinajstić information content (AvgIpc) is 2.64. The third-order valence-electron chi connectivity index (χ3n) is 3.91. The molecule has 11 heteroatoms. The minimum absolute atomic E-state index is 0.00755. The Balaban J connectivity index is 2.24. The van der Waals surface area contributed by atoms with E-state index in [0.29, 0.717) is 11.3 Å². The molecule has 29 heavy (non-hydrogen) atoms. The Kier molecular flexibility index (Phi) is 6.85. The molecule has 0 atom stereocenters. The molecule has 0 aliphatic carbocycles. The van der Waals surface area contributed by atoms with Crippen molar-refractivity contribution in [3.05, 3.63) is 65.0 Å². The third kappa shape index (κ3) is 5.70. The molecule has 0 aromatic heterocycles. The van der Waals surface area contributed by atoms with Crippen molar-refractivity contribution in [2.24, 2.45) is 0 Å². The van der Waals surface area contributed by atoms with Crippen molar-refractivity contribution < 1.29 is 31.2 Å². The Morgan fingerprint density at radius 1 is 1.10 bits per heavy atom. The maximum absolute atomic E-state index is 14.5. The summed E-state index contributed by atoms with van der Waals surface area (Å²) in [6.45, 7) is 1.39. The number of sulfonamides is 1. The fourth-order valence-corrected chi connectivity index (χ4v) is 3.38. The van der Waals surface area contributed by atoms with E-state index in [0.717, 1.165) is 16.6 Å². The van der Waals surface area contributed by atoms with Crippen LogP contribution in [0.2, 0.25) is 0 Å². The SMILES string of the molecule is Cc1ccccc1N(Cc1ccc(C(=O)NNC(=O)C(F)F)cc1F)S(C)(=O)=O. The summed E-state index contributed by atoms with van der Waals surface area (Å²) in [7, 11) is -3.74. The van der Waals surface area contributed by atoms with Gasteiger partial charge < -0.3 is 0 Å². The molecule has 0 aliphatic rings. The number of rotatable bonds is 6. The minimum Gasteiger partial charge on any atom is -0.267 e. The number of benzene rings is 2. The summed E-state index contributed by atoms with van der Waals surface area (Å²) in [4.78, 5) is 22.6. The number of anilines is 1. The van der Waals surface area contributed by atoms with Crippen molar-refractivity contribution in [1.29, 1.82) is 0 Å².